The van der Waals surface area contributed by atoms with Crippen molar-refractivity contribution in [3.63, 3.8) is 0 Å². The number of rotatable bonds is 3. The number of likely N-dealkylation sites (tertiary alicyclic amines) is 1. The van der Waals surface area contributed by atoms with E-state index in [9.17, 15) is 9.90 Å². The van der Waals surface area contributed by atoms with Crippen molar-refractivity contribution in [2.45, 2.75) is 37.8 Å². The first kappa shape index (κ1) is 10.9. The van der Waals surface area contributed by atoms with Crippen LogP contribution in [0.25, 0.3) is 0 Å². The molecule has 1 saturated carbocycles. The van der Waals surface area contributed by atoms with Crippen molar-refractivity contribution in [3.8, 4) is 0 Å². The molecule has 2 rings (SSSR count). The molecule has 2 fully saturated rings. The van der Waals surface area contributed by atoms with Crippen molar-refractivity contribution < 1.29 is 9.90 Å². The van der Waals surface area contributed by atoms with E-state index in [4.69, 9.17) is 0 Å². The van der Waals surface area contributed by atoms with Gasteiger partial charge in [-0.15, -0.1) is 0 Å². The Morgan fingerprint density at radius 2 is 2.27 bits per heavy atom. The van der Waals surface area contributed by atoms with Crippen LogP contribution in [-0.4, -0.2) is 48.2 Å². The molecule has 1 heterocycles. The summed E-state index contributed by atoms with van der Waals surface area (Å²) in [6.07, 6.45) is 4.18. The molecule has 0 radical (unpaired) electrons. The number of hydrogen-bond acceptors (Lipinski definition) is 3. The molecule has 0 bridgehead atoms. The third kappa shape index (κ3) is 1.88. The summed E-state index contributed by atoms with van der Waals surface area (Å²) in [5.41, 5.74) is 0. The zero-order valence-corrected chi connectivity index (χ0v) is 9.28. The molecule has 0 aromatic heterocycles. The second kappa shape index (κ2) is 4.49. The maximum absolute atomic E-state index is 12.0. The van der Waals surface area contributed by atoms with Gasteiger partial charge in [0, 0.05) is 25.1 Å². The number of carbonyl (C=O) groups excluding carboxylic acids is 1. The molecule has 1 aliphatic heterocycles. The van der Waals surface area contributed by atoms with Gasteiger partial charge in [0.05, 0.1) is 6.04 Å². The van der Waals surface area contributed by atoms with Crippen molar-refractivity contribution in [2.24, 2.45) is 5.92 Å². The summed E-state index contributed by atoms with van der Waals surface area (Å²) >= 11 is 0. The highest BCUT2D eigenvalue weighted by molar-refractivity contribution is 5.84. The fraction of sp³-hybridized carbons (Fsp3) is 0.909. The second-order valence-corrected chi connectivity index (χ2v) is 4.60. The molecule has 0 aromatic rings. The van der Waals surface area contributed by atoms with Crippen molar-refractivity contribution in [3.05, 3.63) is 0 Å². The van der Waals surface area contributed by atoms with Crippen LogP contribution in [0.2, 0.25) is 0 Å². The number of amides is 1. The van der Waals surface area contributed by atoms with Gasteiger partial charge in [-0.05, 0) is 26.3 Å². The second-order valence-electron chi connectivity index (χ2n) is 4.60. The fourth-order valence-electron chi connectivity index (χ4n) is 2.94. The first-order valence-electron chi connectivity index (χ1n) is 5.86. The van der Waals surface area contributed by atoms with Crippen LogP contribution in [0.4, 0.5) is 0 Å². The lowest BCUT2D eigenvalue weighted by atomic mass is 10.0. The fourth-order valence-corrected chi connectivity index (χ4v) is 2.94. The number of nitrogens with one attached hydrogen (secondary N) is 1. The largest absolute Gasteiger partial charge is 0.396 e. The van der Waals surface area contributed by atoms with E-state index in [0.29, 0.717) is 12.0 Å². The first-order valence-corrected chi connectivity index (χ1v) is 5.86. The van der Waals surface area contributed by atoms with Gasteiger partial charge in [-0.1, -0.05) is 6.42 Å². The standard InChI is InChI=1S/C11H20N2O2/c1-12-9-5-6-13(11(9)15)10-4-2-3-8(10)7-14/h8-10,12,14H,2-7H2,1H3. The van der Waals surface area contributed by atoms with Crippen LogP contribution in [0.1, 0.15) is 25.7 Å². The summed E-state index contributed by atoms with van der Waals surface area (Å²) in [6.45, 7) is 1.07. The molecule has 0 spiro atoms. The van der Waals surface area contributed by atoms with Crippen LogP contribution in [0, 0.1) is 5.92 Å². The lowest BCUT2D eigenvalue weighted by molar-refractivity contribution is -0.132. The minimum atomic E-state index is 0.00458. The highest BCUT2D eigenvalue weighted by Crippen LogP contribution is 2.32. The third-order valence-electron chi connectivity index (χ3n) is 3.84. The van der Waals surface area contributed by atoms with Gasteiger partial charge in [0.2, 0.25) is 5.91 Å². The maximum Gasteiger partial charge on any atom is 0.240 e. The van der Waals surface area contributed by atoms with Crippen LogP contribution in [0.15, 0.2) is 0 Å². The van der Waals surface area contributed by atoms with E-state index in [1.807, 2.05) is 11.9 Å². The zero-order chi connectivity index (χ0) is 10.8. The molecule has 1 saturated heterocycles. The molecule has 1 amide bonds. The third-order valence-corrected chi connectivity index (χ3v) is 3.84. The maximum atomic E-state index is 12.0. The van der Waals surface area contributed by atoms with E-state index in [2.05, 4.69) is 5.32 Å². The normalized spacial score (nSPS) is 36.5. The van der Waals surface area contributed by atoms with Gasteiger partial charge in [0.25, 0.3) is 0 Å². The van der Waals surface area contributed by atoms with Crippen molar-refractivity contribution >= 4 is 5.91 Å². The van der Waals surface area contributed by atoms with Gasteiger partial charge in [-0.2, -0.15) is 0 Å². The molecule has 4 nitrogen and oxygen atoms in total. The minimum absolute atomic E-state index is 0.00458. The molecule has 4 heteroatoms. The average molecular weight is 212 g/mol. The van der Waals surface area contributed by atoms with Crippen molar-refractivity contribution in [1.29, 1.82) is 0 Å². The molecular formula is C11H20N2O2. The van der Waals surface area contributed by atoms with E-state index in [0.717, 1.165) is 32.2 Å². The van der Waals surface area contributed by atoms with E-state index < -0.39 is 0 Å². The van der Waals surface area contributed by atoms with E-state index in [-0.39, 0.29) is 18.6 Å². The Hall–Kier alpha value is -0.610. The summed E-state index contributed by atoms with van der Waals surface area (Å²) in [7, 11) is 1.84. The molecule has 0 aromatic carbocycles. The zero-order valence-electron chi connectivity index (χ0n) is 9.28. The van der Waals surface area contributed by atoms with Crippen molar-refractivity contribution in [2.75, 3.05) is 20.2 Å². The van der Waals surface area contributed by atoms with Crippen LogP contribution in [-0.2, 0) is 4.79 Å². The SMILES string of the molecule is CNC1CCN(C2CCCC2CO)C1=O. The summed E-state index contributed by atoms with van der Waals surface area (Å²) in [6, 6.07) is 0.297. The predicted molar refractivity (Wildman–Crippen MR) is 57.4 cm³/mol. The predicted octanol–water partition coefficient (Wildman–Crippen LogP) is -0.0323. The Balaban J connectivity index is 2.02. The van der Waals surface area contributed by atoms with Gasteiger partial charge in [-0.25, -0.2) is 0 Å². The molecule has 2 aliphatic rings. The molecule has 15 heavy (non-hydrogen) atoms. The van der Waals surface area contributed by atoms with Gasteiger partial charge in [0.15, 0.2) is 0 Å². The monoisotopic (exact) mass is 212 g/mol. The summed E-state index contributed by atoms with van der Waals surface area (Å²) in [5, 5.41) is 12.3. The minimum Gasteiger partial charge on any atom is -0.396 e. The quantitative estimate of drug-likeness (QED) is 0.690. The van der Waals surface area contributed by atoms with Crippen LogP contribution in [0.5, 0.6) is 0 Å². The Morgan fingerprint density at radius 1 is 1.47 bits per heavy atom. The van der Waals surface area contributed by atoms with Gasteiger partial charge < -0.3 is 15.3 Å². The number of likely N-dealkylation sites (N-methyl/N-ethyl adjacent to an activating group) is 1. The highest BCUT2D eigenvalue weighted by atomic mass is 16.3. The molecule has 3 unspecified atom stereocenters. The Bertz CT molecular complexity index is 245. The average Bonchev–Trinajstić information content (AvgIpc) is 2.83. The molecule has 1 aliphatic carbocycles. The number of nitrogens with zero attached hydrogens (tertiary/aromatic N) is 1. The first-order chi connectivity index (χ1) is 7.27. The van der Waals surface area contributed by atoms with E-state index >= 15 is 0 Å². The van der Waals surface area contributed by atoms with Gasteiger partial charge in [0.1, 0.15) is 0 Å². The van der Waals surface area contributed by atoms with Gasteiger partial charge in [-0.3, -0.25) is 4.79 Å². The van der Waals surface area contributed by atoms with E-state index in [1.54, 1.807) is 0 Å². The van der Waals surface area contributed by atoms with Crippen LogP contribution < -0.4 is 5.32 Å². The number of aliphatic hydroxyl groups is 1. The topological polar surface area (TPSA) is 52.6 Å². The molecule has 86 valence electrons. The molecular weight excluding hydrogens is 192 g/mol. The summed E-state index contributed by atoms with van der Waals surface area (Å²) in [5.74, 6) is 0.535. The van der Waals surface area contributed by atoms with Gasteiger partial charge >= 0.3 is 0 Å². The Kier molecular flexibility index (Phi) is 3.26. The number of hydrogen-bond donors (Lipinski definition) is 2. The smallest absolute Gasteiger partial charge is 0.240 e. The van der Waals surface area contributed by atoms with Crippen molar-refractivity contribution in [1.82, 2.24) is 10.2 Å². The summed E-state index contributed by atoms with van der Waals surface area (Å²) < 4.78 is 0. The Morgan fingerprint density at radius 3 is 2.87 bits per heavy atom. The lowest BCUT2D eigenvalue weighted by Crippen LogP contribution is -2.44. The number of carbonyl (C=O) groups is 1. The van der Waals surface area contributed by atoms with Crippen LogP contribution >= 0.6 is 0 Å². The highest BCUT2D eigenvalue weighted by Gasteiger charge is 2.39. The van der Waals surface area contributed by atoms with E-state index in [1.165, 1.54) is 0 Å². The van der Waals surface area contributed by atoms with Crippen LogP contribution in [0.3, 0.4) is 0 Å². The summed E-state index contributed by atoms with van der Waals surface area (Å²) in [4.78, 5) is 13.9. The molecule has 3 atom stereocenters. The Labute approximate surface area is 90.6 Å². The number of aliphatic hydroxyl groups excluding tert-OH is 1. The molecule has 2 N–H and O–H groups in total. The lowest BCUT2D eigenvalue weighted by Gasteiger charge is -2.28.